The molecule has 4 nitrogen and oxygen atoms in total. The fourth-order valence-corrected chi connectivity index (χ4v) is 3.11. The molecule has 0 aromatic heterocycles. The van der Waals surface area contributed by atoms with Gasteiger partial charge in [0.25, 0.3) is 0 Å². The van der Waals surface area contributed by atoms with Crippen LogP contribution in [0.1, 0.15) is 22.3 Å². The molecule has 0 spiro atoms. The quantitative estimate of drug-likeness (QED) is 0.534. The zero-order chi connectivity index (χ0) is 16.9. The van der Waals surface area contributed by atoms with Gasteiger partial charge in [-0.15, -0.1) is 0 Å². The van der Waals surface area contributed by atoms with Crippen LogP contribution in [0.2, 0.25) is 0 Å². The third-order valence-electron chi connectivity index (χ3n) is 4.62. The van der Waals surface area contributed by atoms with E-state index >= 15 is 0 Å². The van der Waals surface area contributed by atoms with E-state index in [1.54, 1.807) is 0 Å². The molecule has 0 aliphatic carbocycles. The summed E-state index contributed by atoms with van der Waals surface area (Å²) in [5, 5.41) is 13.0. The maximum absolute atomic E-state index is 9.45. The molecule has 2 aromatic carbocycles. The van der Waals surface area contributed by atoms with E-state index in [0.29, 0.717) is 5.71 Å². The number of aryl methyl sites for hydroxylation is 1. The topological polar surface area (TPSA) is 39.1 Å². The Balaban J connectivity index is 1.71. The van der Waals surface area contributed by atoms with E-state index in [2.05, 4.69) is 34.1 Å². The molecule has 1 aliphatic heterocycles. The third-order valence-corrected chi connectivity index (χ3v) is 4.62. The summed E-state index contributed by atoms with van der Waals surface area (Å²) >= 11 is 0. The van der Waals surface area contributed by atoms with E-state index in [0.717, 1.165) is 49.4 Å². The number of oxime groups is 1. The van der Waals surface area contributed by atoms with Gasteiger partial charge in [-0.2, -0.15) is 0 Å². The molecule has 0 amide bonds. The van der Waals surface area contributed by atoms with Crippen molar-refractivity contribution in [2.24, 2.45) is 5.16 Å². The summed E-state index contributed by atoms with van der Waals surface area (Å²) in [5.74, 6) is 0. The van der Waals surface area contributed by atoms with Gasteiger partial charge < -0.3 is 10.1 Å². The highest BCUT2D eigenvalue weighted by atomic mass is 16.4. The van der Waals surface area contributed by atoms with Crippen LogP contribution in [0.15, 0.2) is 53.7 Å². The molecule has 1 heterocycles. The van der Waals surface area contributed by atoms with E-state index in [4.69, 9.17) is 0 Å². The van der Waals surface area contributed by atoms with Crippen LogP contribution < -0.4 is 0 Å². The minimum absolute atomic E-state index is 0.616. The first-order valence-electron chi connectivity index (χ1n) is 8.45. The smallest absolute Gasteiger partial charge is 0.117 e. The highest BCUT2D eigenvalue weighted by molar-refractivity contribution is 6.12. The molecule has 4 heteroatoms. The van der Waals surface area contributed by atoms with E-state index < -0.39 is 0 Å². The number of benzene rings is 2. The molecule has 1 saturated heterocycles. The number of rotatable bonds is 4. The highest BCUT2D eigenvalue weighted by Gasteiger charge is 2.14. The Labute approximate surface area is 144 Å². The molecule has 0 saturated carbocycles. The minimum Gasteiger partial charge on any atom is -0.410 e. The maximum Gasteiger partial charge on any atom is 0.117 e. The zero-order valence-electron chi connectivity index (χ0n) is 14.4. The Morgan fingerprint density at radius 1 is 1.00 bits per heavy atom. The molecule has 24 heavy (non-hydrogen) atoms. The van der Waals surface area contributed by atoms with Crippen LogP contribution in [0.4, 0.5) is 0 Å². The lowest BCUT2D eigenvalue weighted by molar-refractivity contribution is 0.148. The number of piperazine rings is 1. The van der Waals surface area contributed by atoms with Crippen molar-refractivity contribution in [1.29, 1.82) is 0 Å². The monoisotopic (exact) mass is 323 g/mol. The van der Waals surface area contributed by atoms with Gasteiger partial charge >= 0.3 is 0 Å². The number of likely N-dealkylation sites (N-methyl/N-ethyl adjacent to an activating group) is 1. The van der Waals surface area contributed by atoms with Gasteiger partial charge in [-0.1, -0.05) is 53.2 Å². The lowest BCUT2D eigenvalue weighted by Gasteiger charge is -2.32. The normalized spacial score (nSPS) is 17.2. The van der Waals surface area contributed by atoms with Gasteiger partial charge in [0.05, 0.1) is 0 Å². The zero-order valence-corrected chi connectivity index (χ0v) is 14.4. The Morgan fingerprint density at radius 2 is 1.71 bits per heavy atom. The van der Waals surface area contributed by atoms with Crippen LogP contribution in [0.5, 0.6) is 0 Å². The predicted octanol–water partition coefficient (Wildman–Crippen LogP) is 2.97. The van der Waals surface area contributed by atoms with Gasteiger partial charge in [-0.3, -0.25) is 4.90 Å². The van der Waals surface area contributed by atoms with Gasteiger partial charge in [0, 0.05) is 43.9 Å². The fraction of sp³-hybridized carbons (Fsp3) is 0.350. The summed E-state index contributed by atoms with van der Waals surface area (Å²) < 4.78 is 0. The molecular formula is C20H25N3O. The summed E-state index contributed by atoms with van der Waals surface area (Å²) in [6, 6.07) is 16.4. The second-order valence-corrected chi connectivity index (χ2v) is 6.59. The average Bonchev–Trinajstić information content (AvgIpc) is 2.59. The van der Waals surface area contributed by atoms with E-state index in [1.807, 2.05) is 43.3 Å². The number of hydrogen-bond acceptors (Lipinski definition) is 4. The first-order valence-corrected chi connectivity index (χ1v) is 8.45. The molecule has 0 unspecified atom stereocenters. The Morgan fingerprint density at radius 3 is 2.33 bits per heavy atom. The Hall–Kier alpha value is -2.17. The number of hydrogen-bond donors (Lipinski definition) is 1. The second kappa shape index (κ2) is 7.60. The fourth-order valence-electron chi connectivity index (χ4n) is 3.11. The SMILES string of the molecule is Cc1cccc(/C(=N/O)c2ccc(CN3CCN(C)CC3)cc2)c1. The van der Waals surface area contributed by atoms with Crippen molar-refractivity contribution >= 4 is 5.71 Å². The molecule has 1 fully saturated rings. The molecule has 2 aromatic rings. The predicted molar refractivity (Wildman–Crippen MR) is 97.8 cm³/mol. The first kappa shape index (κ1) is 16.7. The van der Waals surface area contributed by atoms with Gasteiger partial charge in [0.15, 0.2) is 0 Å². The lowest BCUT2D eigenvalue weighted by atomic mass is 9.99. The summed E-state index contributed by atoms with van der Waals surface area (Å²) in [6.07, 6.45) is 0. The summed E-state index contributed by atoms with van der Waals surface area (Å²) in [6.45, 7) is 7.51. The van der Waals surface area contributed by atoms with Gasteiger partial charge in [-0.25, -0.2) is 0 Å². The van der Waals surface area contributed by atoms with E-state index in [1.165, 1.54) is 5.56 Å². The largest absolute Gasteiger partial charge is 0.410 e. The molecule has 126 valence electrons. The summed E-state index contributed by atoms with van der Waals surface area (Å²) in [5.41, 5.74) is 4.93. The first-order chi connectivity index (χ1) is 11.7. The highest BCUT2D eigenvalue weighted by Crippen LogP contribution is 2.15. The van der Waals surface area contributed by atoms with Crippen molar-refractivity contribution in [1.82, 2.24) is 9.80 Å². The van der Waals surface area contributed by atoms with Gasteiger partial charge in [-0.05, 0) is 25.6 Å². The van der Waals surface area contributed by atoms with Crippen LogP contribution in [-0.2, 0) is 6.54 Å². The van der Waals surface area contributed by atoms with Crippen molar-refractivity contribution in [2.75, 3.05) is 33.2 Å². The lowest BCUT2D eigenvalue weighted by Crippen LogP contribution is -2.43. The van der Waals surface area contributed by atoms with E-state index in [-0.39, 0.29) is 0 Å². The van der Waals surface area contributed by atoms with Crippen LogP contribution in [0.25, 0.3) is 0 Å². The van der Waals surface area contributed by atoms with Crippen LogP contribution in [0, 0.1) is 6.92 Å². The second-order valence-electron chi connectivity index (χ2n) is 6.59. The standard InChI is InChI=1S/C20H25N3O/c1-16-4-3-5-19(14-16)20(21-24)18-8-6-17(7-9-18)15-23-12-10-22(2)11-13-23/h3-9,14,24H,10-13,15H2,1-2H3/b21-20+. The minimum atomic E-state index is 0.616. The summed E-state index contributed by atoms with van der Waals surface area (Å²) in [4.78, 5) is 4.85. The van der Waals surface area contributed by atoms with Crippen molar-refractivity contribution in [3.8, 4) is 0 Å². The van der Waals surface area contributed by atoms with Gasteiger partial charge in [0.1, 0.15) is 5.71 Å². The van der Waals surface area contributed by atoms with Crippen LogP contribution >= 0.6 is 0 Å². The molecule has 3 rings (SSSR count). The van der Waals surface area contributed by atoms with Crippen molar-refractivity contribution in [2.45, 2.75) is 13.5 Å². The average molecular weight is 323 g/mol. The van der Waals surface area contributed by atoms with Crippen molar-refractivity contribution < 1.29 is 5.21 Å². The summed E-state index contributed by atoms with van der Waals surface area (Å²) in [7, 11) is 2.17. The third kappa shape index (κ3) is 4.02. The molecule has 1 aliphatic rings. The molecular weight excluding hydrogens is 298 g/mol. The maximum atomic E-state index is 9.45. The van der Waals surface area contributed by atoms with Crippen molar-refractivity contribution in [3.63, 3.8) is 0 Å². The molecule has 0 bridgehead atoms. The molecule has 0 atom stereocenters. The Kier molecular flexibility index (Phi) is 5.28. The molecule has 0 radical (unpaired) electrons. The van der Waals surface area contributed by atoms with Crippen LogP contribution in [-0.4, -0.2) is 53.9 Å². The van der Waals surface area contributed by atoms with Crippen LogP contribution in [0.3, 0.4) is 0 Å². The Bertz CT molecular complexity index is 701. The number of nitrogens with zero attached hydrogens (tertiary/aromatic N) is 3. The van der Waals surface area contributed by atoms with Crippen molar-refractivity contribution in [3.05, 3.63) is 70.8 Å². The molecule has 1 N–H and O–H groups in total. The van der Waals surface area contributed by atoms with E-state index in [9.17, 15) is 5.21 Å². The van der Waals surface area contributed by atoms with Gasteiger partial charge in [0.2, 0.25) is 0 Å².